The highest BCUT2D eigenvalue weighted by Gasteiger charge is 2.39. The minimum atomic E-state index is -1.68. The van der Waals surface area contributed by atoms with E-state index >= 15 is 0 Å². The smallest absolute Gasteiger partial charge is 0.348 e. The molecule has 128 valence electrons. The molecule has 0 unspecified atom stereocenters. The van der Waals surface area contributed by atoms with Gasteiger partial charge in [0.15, 0.2) is 0 Å². The molecule has 0 amide bonds. The van der Waals surface area contributed by atoms with Crippen LogP contribution in [0, 0.1) is 0 Å². The Hall–Kier alpha value is -2.06. The Morgan fingerprint density at radius 1 is 0.680 bits per heavy atom. The molecular weight excluding hydrogens is 422 g/mol. The van der Waals surface area contributed by atoms with Gasteiger partial charge in [-0.1, -0.05) is 46.4 Å². The van der Waals surface area contributed by atoms with E-state index in [1.807, 2.05) is 0 Å². The average Bonchev–Trinajstić information content (AvgIpc) is 2.80. The Labute approximate surface area is 157 Å². The first-order valence-electron chi connectivity index (χ1n) is 6.18. The van der Waals surface area contributed by atoms with Crippen LogP contribution in [0.2, 0.25) is 20.1 Å². The van der Waals surface area contributed by atoms with Gasteiger partial charge in [-0.25, -0.2) is 19.2 Å². The van der Waals surface area contributed by atoms with Crippen molar-refractivity contribution in [1.82, 2.24) is 0 Å². The molecule has 0 spiro atoms. The highest BCUT2D eigenvalue weighted by Crippen LogP contribution is 2.48. The molecule has 0 radical (unpaired) electrons. The fourth-order valence-corrected chi connectivity index (χ4v) is 4.09. The number of aromatic carboxylic acids is 2. The molecule has 0 atom stereocenters. The molecule has 0 saturated carbocycles. The van der Waals surface area contributed by atoms with Crippen molar-refractivity contribution >= 4 is 81.1 Å². The van der Waals surface area contributed by atoms with Gasteiger partial charge in [0, 0.05) is 10.8 Å². The van der Waals surface area contributed by atoms with Gasteiger partial charge in [-0.05, 0) is 0 Å². The van der Waals surface area contributed by atoms with Gasteiger partial charge in [0.05, 0.1) is 42.3 Å². The van der Waals surface area contributed by atoms with Gasteiger partial charge in [0.2, 0.25) is 0 Å². The van der Waals surface area contributed by atoms with Crippen molar-refractivity contribution in [2.75, 3.05) is 0 Å². The van der Waals surface area contributed by atoms with E-state index in [0.717, 1.165) is 0 Å². The highest BCUT2D eigenvalue weighted by molar-refractivity contribution is 6.54. The van der Waals surface area contributed by atoms with E-state index in [-0.39, 0.29) is 10.8 Å². The monoisotopic (exact) mass is 422 g/mol. The quantitative estimate of drug-likeness (QED) is 0.549. The van der Waals surface area contributed by atoms with Crippen molar-refractivity contribution in [3.8, 4) is 0 Å². The van der Waals surface area contributed by atoms with Gasteiger partial charge in [0.25, 0.3) is 0 Å². The Kier molecular flexibility index (Phi) is 4.08. The number of cyclic esters (lactones) is 2. The Morgan fingerprint density at radius 3 is 1.28 bits per heavy atom. The van der Waals surface area contributed by atoms with Crippen molar-refractivity contribution in [1.29, 1.82) is 0 Å². The second kappa shape index (κ2) is 5.74. The van der Waals surface area contributed by atoms with Crippen LogP contribution in [0.4, 0.5) is 0 Å². The number of carboxylic acids is 2. The molecule has 2 aromatic carbocycles. The second-order valence-corrected chi connectivity index (χ2v) is 6.31. The predicted molar refractivity (Wildman–Crippen MR) is 87.7 cm³/mol. The molecule has 1 aliphatic rings. The third-order valence-corrected chi connectivity index (χ3v) is 5.04. The average molecular weight is 424 g/mol. The summed E-state index contributed by atoms with van der Waals surface area (Å²) in [6.45, 7) is 0. The van der Waals surface area contributed by atoms with Gasteiger partial charge in [-0.3, -0.25) is 0 Å². The summed E-state index contributed by atoms with van der Waals surface area (Å²) in [6, 6.07) is 0. The van der Waals surface area contributed by atoms with Crippen molar-refractivity contribution in [2.45, 2.75) is 0 Å². The molecular formula is C14H2Cl4O7. The summed E-state index contributed by atoms with van der Waals surface area (Å²) >= 11 is 24.3. The number of rotatable bonds is 2. The van der Waals surface area contributed by atoms with E-state index in [2.05, 4.69) is 4.74 Å². The lowest BCUT2D eigenvalue weighted by Crippen LogP contribution is -2.11. The number of benzene rings is 2. The number of esters is 2. The normalized spacial score (nSPS) is 13.1. The van der Waals surface area contributed by atoms with E-state index in [1.165, 1.54) is 0 Å². The minimum absolute atomic E-state index is 0.272. The van der Waals surface area contributed by atoms with Crippen molar-refractivity contribution in [3.63, 3.8) is 0 Å². The largest absolute Gasteiger partial charge is 0.478 e. The van der Waals surface area contributed by atoms with Gasteiger partial charge < -0.3 is 14.9 Å². The molecule has 2 aromatic rings. The van der Waals surface area contributed by atoms with E-state index in [4.69, 9.17) is 46.4 Å². The standard InChI is InChI=1S/C14H2Cl4O7/c15-7-1-2(8(16)4(12(21)22)3(7)11(19)20)10(18)6-5(9(1)17)13(23)25-14(6)24/h(H,19,20)(H,21,22). The molecule has 0 fully saturated rings. The second-order valence-electron chi connectivity index (χ2n) is 4.79. The van der Waals surface area contributed by atoms with Crippen LogP contribution in [-0.2, 0) is 4.74 Å². The molecule has 1 aliphatic heterocycles. The van der Waals surface area contributed by atoms with E-state index < -0.39 is 66.2 Å². The number of carboxylic acid groups (broad SMARTS) is 2. The van der Waals surface area contributed by atoms with Crippen molar-refractivity contribution in [2.24, 2.45) is 0 Å². The Bertz CT molecular complexity index is 975. The summed E-state index contributed by atoms with van der Waals surface area (Å²) in [5.74, 6) is -5.56. The molecule has 0 aromatic heterocycles. The molecule has 3 rings (SSSR count). The van der Waals surface area contributed by atoms with E-state index in [9.17, 15) is 29.4 Å². The number of ether oxygens (including phenoxy) is 1. The first-order chi connectivity index (χ1) is 11.6. The molecule has 2 N–H and O–H groups in total. The van der Waals surface area contributed by atoms with Crippen molar-refractivity contribution in [3.05, 3.63) is 42.3 Å². The third kappa shape index (κ3) is 2.27. The molecule has 7 nitrogen and oxygen atoms in total. The number of carbonyl (C=O) groups is 4. The summed E-state index contributed by atoms with van der Waals surface area (Å²) in [5.41, 5.74) is -2.47. The highest BCUT2D eigenvalue weighted by atomic mass is 35.5. The zero-order valence-corrected chi connectivity index (χ0v) is 14.5. The third-order valence-electron chi connectivity index (χ3n) is 3.53. The summed E-state index contributed by atoms with van der Waals surface area (Å²) in [6.07, 6.45) is 0. The van der Waals surface area contributed by atoms with Gasteiger partial charge in [0.1, 0.15) is 0 Å². The van der Waals surface area contributed by atoms with Crippen molar-refractivity contribution < 1.29 is 34.1 Å². The summed E-state index contributed by atoms with van der Waals surface area (Å²) < 4.78 is 4.43. The number of halogens is 4. The fraction of sp³-hybridized carbons (Fsp3) is 0. The molecule has 0 aliphatic carbocycles. The van der Waals surface area contributed by atoms with Crippen LogP contribution < -0.4 is 0 Å². The summed E-state index contributed by atoms with van der Waals surface area (Å²) in [4.78, 5) is 46.5. The lowest BCUT2D eigenvalue weighted by atomic mass is 9.96. The van der Waals surface area contributed by atoms with Crippen LogP contribution in [0.1, 0.15) is 41.4 Å². The van der Waals surface area contributed by atoms with Crippen LogP contribution in [0.5, 0.6) is 0 Å². The predicted octanol–water partition coefficient (Wildman–Crippen LogP) is 4.16. The summed E-state index contributed by atoms with van der Waals surface area (Å²) in [7, 11) is 0. The molecule has 0 saturated heterocycles. The Morgan fingerprint density at radius 2 is 1.00 bits per heavy atom. The fourth-order valence-electron chi connectivity index (χ4n) is 2.54. The van der Waals surface area contributed by atoms with Crippen LogP contribution in [0.25, 0.3) is 10.8 Å². The topological polar surface area (TPSA) is 118 Å². The SMILES string of the molecule is O=C(O)c1c(C(=O)O)c(Cl)c2c(Cl)c3c(c(Cl)c2c1Cl)C(=O)OC3=O. The maximum Gasteiger partial charge on any atom is 0.348 e. The van der Waals surface area contributed by atoms with Gasteiger partial charge in [-0.15, -0.1) is 0 Å². The minimum Gasteiger partial charge on any atom is -0.478 e. The molecule has 25 heavy (non-hydrogen) atoms. The number of hydrogen-bond donors (Lipinski definition) is 2. The lowest BCUT2D eigenvalue weighted by molar-refractivity contribution is 0.0442. The first kappa shape index (κ1) is 17.8. The van der Waals surface area contributed by atoms with E-state index in [1.54, 1.807) is 0 Å². The van der Waals surface area contributed by atoms with Crippen LogP contribution in [0.15, 0.2) is 0 Å². The zero-order valence-electron chi connectivity index (χ0n) is 11.4. The van der Waals surface area contributed by atoms with Gasteiger partial charge >= 0.3 is 23.9 Å². The lowest BCUT2D eigenvalue weighted by Gasteiger charge is -2.15. The molecule has 0 bridgehead atoms. The van der Waals surface area contributed by atoms with Crippen LogP contribution in [-0.4, -0.2) is 34.1 Å². The molecule has 1 heterocycles. The molecule has 11 heteroatoms. The first-order valence-corrected chi connectivity index (χ1v) is 7.69. The Balaban J connectivity index is 2.70. The number of hydrogen-bond acceptors (Lipinski definition) is 5. The zero-order chi connectivity index (χ0) is 18.8. The van der Waals surface area contributed by atoms with E-state index in [0.29, 0.717) is 0 Å². The maximum absolute atomic E-state index is 11.8. The maximum atomic E-state index is 11.8. The van der Waals surface area contributed by atoms with Crippen LogP contribution >= 0.6 is 46.4 Å². The van der Waals surface area contributed by atoms with Crippen LogP contribution in [0.3, 0.4) is 0 Å². The summed E-state index contributed by atoms with van der Waals surface area (Å²) in [5, 5.41) is 16.0. The van der Waals surface area contributed by atoms with Gasteiger partial charge in [-0.2, -0.15) is 0 Å². The number of carbonyl (C=O) groups excluding carboxylic acids is 2. The number of fused-ring (bicyclic) bond motifs is 2.